The smallest absolute Gasteiger partial charge is 0.0726 e. The van der Waals surface area contributed by atoms with Gasteiger partial charge in [-0.25, -0.2) is 0 Å². The van der Waals surface area contributed by atoms with Gasteiger partial charge in [0.1, 0.15) is 0 Å². The molecule has 0 aliphatic heterocycles. The van der Waals surface area contributed by atoms with E-state index in [4.69, 9.17) is 0 Å². The fraction of sp³-hybridized carbons (Fsp3) is 0.200. The van der Waals surface area contributed by atoms with Crippen molar-refractivity contribution in [3.05, 3.63) is 131 Å². The van der Waals surface area contributed by atoms with Crippen LogP contribution >= 0.6 is 0 Å². The van der Waals surface area contributed by atoms with Crippen LogP contribution in [-0.2, 0) is 16.0 Å². The maximum absolute atomic E-state index is 13.0. The van der Waals surface area contributed by atoms with Crippen LogP contribution in [0.3, 0.4) is 0 Å². The van der Waals surface area contributed by atoms with E-state index in [-0.39, 0.29) is 10.8 Å². The molecule has 2 nitrogen and oxygen atoms in total. The van der Waals surface area contributed by atoms with Gasteiger partial charge in [-0.1, -0.05) is 118 Å². The van der Waals surface area contributed by atoms with E-state index in [0.29, 0.717) is 11.4 Å². The maximum Gasteiger partial charge on any atom is 0.0726 e. The van der Waals surface area contributed by atoms with E-state index in [1.807, 2.05) is 36.4 Å². The van der Waals surface area contributed by atoms with Crippen molar-refractivity contribution < 1.29 is 5.21 Å². The largest absolute Gasteiger partial charge is 0.188 e. The van der Waals surface area contributed by atoms with Crippen LogP contribution in [0.4, 0.5) is 11.4 Å². The summed E-state index contributed by atoms with van der Waals surface area (Å²) in [5, 5.41) is 14.0. The molecular formula is C30H30NO. The van der Waals surface area contributed by atoms with Crippen LogP contribution in [0.2, 0.25) is 0 Å². The van der Waals surface area contributed by atoms with Gasteiger partial charge in [0.05, 0.1) is 11.4 Å². The van der Waals surface area contributed by atoms with E-state index in [1.54, 1.807) is 0 Å². The number of anilines is 2. The van der Waals surface area contributed by atoms with Crippen molar-refractivity contribution in [3.8, 4) is 0 Å². The van der Waals surface area contributed by atoms with Crippen LogP contribution in [0.1, 0.15) is 49.9 Å². The topological polar surface area (TPSA) is 23.1 Å². The number of benzene rings is 4. The molecule has 0 aromatic heterocycles. The van der Waals surface area contributed by atoms with Crippen molar-refractivity contribution in [3.63, 3.8) is 0 Å². The van der Waals surface area contributed by atoms with Gasteiger partial charge in [0.15, 0.2) is 0 Å². The Labute approximate surface area is 191 Å². The summed E-state index contributed by atoms with van der Waals surface area (Å²) >= 11 is 0. The van der Waals surface area contributed by atoms with Crippen LogP contribution in [0.15, 0.2) is 109 Å². The van der Waals surface area contributed by atoms with Crippen molar-refractivity contribution in [1.29, 1.82) is 0 Å². The molecule has 0 heterocycles. The first-order chi connectivity index (χ1) is 15.3. The normalized spacial score (nSPS) is 11.9. The maximum atomic E-state index is 13.0. The third-order valence-electron chi connectivity index (χ3n) is 6.64. The molecule has 4 aromatic rings. The minimum absolute atomic E-state index is 0.127. The van der Waals surface area contributed by atoms with Gasteiger partial charge < -0.3 is 0 Å². The molecule has 161 valence electrons. The highest BCUT2D eigenvalue weighted by molar-refractivity contribution is 5.61. The highest BCUT2D eigenvalue weighted by Crippen LogP contribution is 2.35. The summed E-state index contributed by atoms with van der Waals surface area (Å²) in [6.45, 7) is 8.83. The monoisotopic (exact) mass is 420 g/mol. The second kappa shape index (κ2) is 8.64. The van der Waals surface area contributed by atoms with Crippen molar-refractivity contribution in [2.24, 2.45) is 0 Å². The first-order valence-corrected chi connectivity index (χ1v) is 11.1. The second-order valence-corrected chi connectivity index (χ2v) is 9.37. The Bertz CT molecular complexity index is 1050. The Morgan fingerprint density at radius 3 is 1.03 bits per heavy atom. The molecule has 0 aliphatic carbocycles. The Morgan fingerprint density at radius 2 is 0.719 bits per heavy atom. The molecule has 0 saturated heterocycles. The summed E-state index contributed by atoms with van der Waals surface area (Å²) in [7, 11) is 0. The Balaban J connectivity index is 1.54. The molecule has 0 N–H and O–H groups in total. The standard InChI is InChI=1S/C30H30NO/c1-29(2,23-11-7-5-8-12-23)25-15-19-27(20-16-25)31(32)28-21-17-26(18-22-28)30(3,4)24-13-9-6-10-14-24/h5-22H,1-4H3. The zero-order valence-electron chi connectivity index (χ0n) is 19.2. The van der Waals surface area contributed by atoms with E-state index in [2.05, 4.69) is 100 Å². The van der Waals surface area contributed by atoms with E-state index >= 15 is 0 Å². The summed E-state index contributed by atoms with van der Waals surface area (Å²) in [6, 6.07) is 36.8. The zero-order chi connectivity index (χ0) is 22.8. The molecular weight excluding hydrogens is 390 g/mol. The summed E-state index contributed by atoms with van der Waals surface area (Å²) < 4.78 is 0. The van der Waals surface area contributed by atoms with Crippen LogP contribution in [-0.4, -0.2) is 0 Å². The SMILES string of the molecule is CC(C)(c1ccccc1)c1ccc(N([O])c2ccc(C(C)(C)c3ccccc3)cc2)cc1. The molecule has 0 spiro atoms. The van der Waals surface area contributed by atoms with Gasteiger partial charge in [0.2, 0.25) is 0 Å². The highest BCUT2D eigenvalue weighted by atomic mass is 16.5. The lowest BCUT2D eigenvalue weighted by molar-refractivity contribution is 0.196. The number of hydrogen-bond acceptors (Lipinski definition) is 1. The average molecular weight is 421 g/mol. The number of hydrogen-bond donors (Lipinski definition) is 0. The van der Waals surface area contributed by atoms with Crippen molar-refractivity contribution in [2.75, 3.05) is 5.06 Å². The van der Waals surface area contributed by atoms with E-state index in [0.717, 1.165) is 5.06 Å². The Kier molecular flexibility index (Phi) is 5.90. The molecule has 0 unspecified atom stereocenters. The van der Waals surface area contributed by atoms with Crippen LogP contribution in [0.5, 0.6) is 0 Å². The summed E-state index contributed by atoms with van der Waals surface area (Å²) in [5.74, 6) is 0. The molecule has 4 aromatic carbocycles. The van der Waals surface area contributed by atoms with E-state index in [9.17, 15) is 5.21 Å². The van der Waals surface area contributed by atoms with Crippen molar-refractivity contribution in [1.82, 2.24) is 0 Å². The minimum atomic E-state index is -0.127. The third-order valence-corrected chi connectivity index (χ3v) is 6.64. The quantitative estimate of drug-likeness (QED) is 0.292. The van der Waals surface area contributed by atoms with Gasteiger partial charge in [-0.15, -0.1) is 0 Å². The van der Waals surface area contributed by atoms with E-state index in [1.165, 1.54) is 22.3 Å². The average Bonchev–Trinajstić information content (AvgIpc) is 2.85. The van der Waals surface area contributed by atoms with Gasteiger partial charge in [-0.2, -0.15) is 5.06 Å². The van der Waals surface area contributed by atoms with Crippen molar-refractivity contribution in [2.45, 2.75) is 38.5 Å². The second-order valence-electron chi connectivity index (χ2n) is 9.37. The fourth-order valence-electron chi connectivity index (χ4n) is 4.22. The molecule has 0 fully saturated rings. The zero-order valence-corrected chi connectivity index (χ0v) is 19.2. The molecule has 0 aliphatic rings. The lowest BCUT2D eigenvalue weighted by atomic mass is 9.78. The molecule has 1 radical (unpaired) electrons. The first kappa shape index (κ1) is 21.9. The van der Waals surface area contributed by atoms with Crippen LogP contribution < -0.4 is 5.06 Å². The van der Waals surface area contributed by atoms with Crippen LogP contribution in [0.25, 0.3) is 0 Å². The molecule has 32 heavy (non-hydrogen) atoms. The number of nitrogens with zero attached hydrogens (tertiary/aromatic N) is 1. The Hall–Kier alpha value is -3.36. The fourth-order valence-corrected chi connectivity index (χ4v) is 4.22. The minimum Gasteiger partial charge on any atom is -0.188 e. The predicted octanol–water partition coefficient (Wildman–Crippen LogP) is 7.82. The number of rotatable bonds is 6. The van der Waals surface area contributed by atoms with Gasteiger partial charge >= 0.3 is 0 Å². The first-order valence-electron chi connectivity index (χ1n) is 11.1. The lowest BCUT2D eigenvalue weighted by Gasteiger charge is -2.27. The Morgan fingerprint density at radius 1 is 0.438 bits per heavy atom. The molecule has 0 saturated carbocycles. The summed E-state index contributed by atoms with van der Waals surface area (Å²) in [6.07, 6.45) is 0. The third kappa shape index (κ3) is 4.19. The van der Waals surface area contributed by atoms with E-state index < -0.39 is 0 Å². The van der Waals surface area contributed by atoms with Gasteiger partial charge in [0.25, 0.3) is 0 Å². The molecule has 0 atom stereocenters. The molecule has 0 bridgehead atoms. The predicted molar refractivity (Wildman–Crippen MR) is 133 cm³/mol. The van der Waals surface area contributed by atoms with Gasteiger partial charge in [-0.3, -0.25) is 0 Å². The van der Waals surface area contributed by atoms with Crippen molar-refractivity contribution >= 4 is 11.4 Å². The highest BCUT2D eigenvalue weighted by Gasteiger charge is 2.24. The lowest BCUT2D eigenvalue weighted by Crippen LogP contribution is -2.19. The molecule has 2 heteroatoms. The molecule has 4 rings (SSSR count). The van der Waals surface area contributed by atoms with Gasteiger partial charge in [0, 0.05) is 10.8 Å². The van der Waals surface area contributed by atoms with Crippen LogP contribution in [0, 0.1) is 0 Å². The summed E-state index contributed by atoms with van der Waals surface area (Å²) in [5.41, 5.74) is 5.88. The van der Waals surface area contributed by atoms with Gasteiger partial charge in [-0.05, 0) is 46.5 Å². The summed E-state index contributed by atoms with van der Waals surface area (Å²) in [4.78, 5) is 0. The molecule has 0 amide bonds.